The first-order valence-corrected chi connectivity index (χ1v) is 8.06. The summed E-state index contributed by atoms with van der Waals surface area (Å²) in [6.07, 6.45) is 0. The molecule has 0 aliphatic carbocycles. The van der Waals surface area contributed by atoms with Crippen LogP contribution in [0.3, 0.4) is 0 Å². The first kappa shape index (κ1) is 15.6. The third kappa shape index (κ3) is 3.48. The van der Waals surface area contributed by atoms with Crippen molar-refractivity contribution in [2.45, 2.75) is 11.8 Å². The molecule has 1 N–H and O–H groups in total. The second-order valence-electron chi connectivity index (χ2n) is 4.34. The lowest BCUT2D eigenvalue weighted by molar-refractivity contribution is 0.601. The van der Waals surface area contributed by atoms with Crippen LogP contribution in [0, 0.1) is 18.3 Å². The van der Waals surface area contributed by atoms with Gasteiger partial charge in [0.05, 0.1) is 21.2 Å². The molecule has 0 heterocycles. The number of benzene rings is 2. The Balaban J connectivity index is 2.47. The van der Waals surface area contributed by atoms with E-state index in [1.807, 2.05) is 13.0 Å². The highest BCUT2D eigenvalue weighted by molar-refractivity contribution is 7.92. The maximum absolute atomic E-state index is 12.3. The minimum absolute atomic E-state index is 0.0177. The van der Waals surface area contributed by atoms with Crippen LogP contribution in [0.4, 0.5) is 5.69 Å². The van der Waals surface area contributed by atoms with Crippen molar-refractivity contribution in [3.05, 3.63) is 57.6 Å². The van der Waals surface area contributed by atoms with Gasteiger partial charge in [-0.2, -0.15) is 5.26 Å². The molecule has 108 valence electrons. The van der Waals surface area contributed by atoms with Gasteiger partial charge in [0.15, 0.2) is 0 Å². The quantitative estimate of drug-likeness (QED) is 0.918. The molecule has 0 saturated heterocycles. The van der Waals surface area contributed by atoms with Crippen molar-refractivity contribution in [1.29, 1.82) is 5.26 Å². The fourth-order valence-electron chi connectivity index (χ4n) is 1.68. The first-order chi connectivity index (χ1) is 9.83. The monoisotopic (exact) mass is 340 g/mol. The molecular formula is C14H10Cl2N2O2S. The molecule has 0 amide bonds. The van der Waals surface area contributed by atoms with E-state index in [0.717, 1.165) is 5.56 Å². The normalized spacial score (nSPS) is 11.0. The Labute approximate surface area is 133 Å². The number of nitrogens with zero attached hydrogens (tertiary/aromatic N) is 1. The molecule has 0 unspecified atom stereocenters. The molecule has 0 aliphatic heterocycles. The lowest BCUT2D eigenvalue weighted by Gasteiger charge is -2.11. The molecule has 2 rings (SSSR count). The molecule has 0 aromatic heterocycles. The van der Waals surface area contributed by atoms with Crippen molar-refractivity contribution in [1.82, 2.24) is 0 Å². The molecule has 4 nitrogen and oxygen atoms in total. The Kier molecular flexibility index (Phi) is 4.43. The second kappa shape index (κ2) is 5.94. The van der Waals surface area contributed by atoms with Crippen LogP contribution in [0.25, 0.3) is 0 Å². The van der Waals surface area contributed by atoms with Crippen LogP contribution in [-0.4, -0.2) is 8.42 Å². The van der Waals surface area contributed by atoms with Gasteiger partial charge in [0.25, 0.3) is 10.0 Å². The number of aryl methyl sites for hydroxylation is 1. The summed E-state index contributed by atoms with van der Waals surface area (Å²) in [4.78, 5) is 0.0861. The van der Waals surface area contributed by atoms with Gasteiger partial charge in [-0.3, -0.25) is 4.72 Å². The van der Waals surface area contributed by atoms with Crippen molar-refractivity contribution in [3.8, 4) is 6.07 Å². The van der Waals surface area contributed by atoms with Crippen LogP contribution < -0.4 is 4.72 Å². The molecule has 0 spiro atoms. The molecule has 2 aromatic carbocycles. The van der Waals surface area contributed by atoms with Crippen LogP contribution >= 0.6 is 23.2 Å². The molecule has 2 aromatic rings. The number of nitrogens with one attached hydrogen (secondary N) is 1. The minimum Gasteiger partial charge on any atom is -0.277 e. The number of sulfonamides is 1. The fourth-order valence-corrected chi connectivity index (χ4v) is 3.37. The van der Waals surface area contributed by atoms with Crippen LogP contribution in [0.1, 0.15) is 11.1 Å². The van der Waals surface area contributed by atoms with E-state index < -0.39 is 10.0 Å². The van der Waals surface area contributed by atoms with Gasteiger partial charge in [-0.1, -0.05) is 40.9 Å². The molecule has 0 atom stereocenters. The molecule has 0 radical (unpaired) electrons. The van der Waals surface area contributed by atoms with Gasteiger partial charge in [-0.05, 0) is 31.2 Å². The number of halogens is 2. The van der Waals surface area contributed by atoms with Gasteiger partial charge in [-0.15, -0.1) is 0 Å². The summed E-state index contributed by atoms with van der Waals surface area (Å²) in [7, 11) is -3.83. The van der Waals surface area contributed by atoms with Gasteiger partial charge < -0.3 is 0 Å². The average molecular weight is 341 g/mol. The maximum atomic E-state index is 12.3. The van der Waals surface area contributed by atoms with Crippen molar-refractivity contribution in [3.63, 3.8) is 0 Å². The smallest absolute Gasteiger partial charge is 0.261 e. The largest absolute Gasteiger partial charge is 0.277 e. The van der Waals surface area contributed by atoms with E-state index in [-0.39, 0.29) is 26.2 Å². The SMILES string of the molecule is Cc1ccc(S(=O)(=O)Nc2c(Cl)cc(Cl)cc2C#N)cc1. The van der Waals surface area contributed by atoms with E-state index >= 15 is 0 Å². The Morgan fingerprint density at radius 1 is 1.14 bits per heavy atom. The van der Waals surface area contributed by atoms with Crippen molar-refractivity contribution < 1.29 is 8.42 Å². The molecule has 0 saturated carbocycles. The standard InChI is InChI=1S/C14H10Cl2N2O2S/c1-9-2-4-12(5-3-9)21(19,20)18-14-10(8-17)6-11(15)7-13(14)16/h2-7,18H,1H3. The minimum atomic E-state index is -3.83. The molecule has 0 fully saturated rings. The summed E-state index contributed by atoms with van der Waals surface area (Å²) in [6, 6.07) is 10.9. The first-order valence-electron chi connectivity index (χ1n) is 5.82. The van der Waals surface area contributed by atoms with E-state index in [2.05, 4.69) is 4.72 Å². The summed E-state index contributed by atoms with van der Waals surface area (Å²) < 4.78 is 26.9. The second-order valence-corrected chi connectivity index (χ2v) is 6.87. The number of hydrogen-bond acceptors (Lipinski definition) is 3. The van der Waals surface area contributed by atoms with Gasteiger partial charge >= 0.3 is 0 Å². The van der Waals surface area contributed by atoms with Crippen molar-refractivity contribution in [2.24, 2.45) is 0 Å². The summed E-state index contributed by atoms with van der Waals surface area (Å²) in [6.45, 7) is 1.85. The van der Waals surface area contributed by atoms with E-state index in [1.54, 1.807) is 12.1 Å². The summed E-state index contributed by atoms with van der Waals surface area (Å²) in [5.41, 5.74) is 1.02. The van der Waals surface area contributed by atoms with Crippen LogP contribution in [-0.2, 0) is 10.0 Å². The number of anilines is 1. The number of hydrogen-bond donors (Lipinski definition) is 1. The molecule has 21 heavy (non-hydrogen) atoms. The molecule has 0 bridgehead atoms. The molecular weight excluding hydrogens is 331 g/mol. The number of nitriles is 1. The zero-order chi connectivity index (χ0) is 15.6. The Morgan fingerprint density at radius 2 is 1.76 bits per heavy atom. The van der Waals surface area contributed by atoms with Gasteiger partial charge in [0.2, 0.25) is 0 Å². The number of rotatable bonds is 3. The zero-order valence-corrected chi connectivity index (χ0v) is 13.2. The zero-order valence-electron chi connectivity index (χ0n) is 10.9. The Morgan fingerprint density at radius 3 is 2.33 bits per heavy atom. The third-order valence-corrected chi connectivity index (χ3v) is 4.63. The maximum Gasteiger partial charge on any atom is 0.261 e. The van der Waals surface area contributed by atoms with E-state index in [4.69, 9.17) is 28.5 Å². The van der Waals surface area contributed by atoms with Crippen molar-refractivity contribution >= 4 is 38.9 Å². The highest BCUT2D eigenvalue weighted by atomic mass is 35.5. The summed E-state index contributed by atoms with van der Waals surface area (Å²) >= 11 is 11.8. The fraction of sp³-hybridized carbons (Fsp3) is 0.0714. The predicted octanol–water partition coefficient (Wildman–Crippen LogP) is 3.97. The average Bonchev–Trinajstić information content (AvgIpc) is 2.42. The predicted molar refractivity (Wildman–Crippen MR) is 83.2 cm³/mol. The highest BCUT2D eigenvalue weighted by Gasteiger charge is 2.18. The Hall–Kier alpha value is -1.74. The van der Waals surface area contributed by atoms with Crippen LogP contribution in [0.5, 0.6) is 0 Å². The lowest BCUT2D eigenvalue weighted by Crippen LogP contribution is -2.14. The summed E-state index contributed by atoms with van der Waals surface area (Å²) in [5.74, 6) is 0. The summed E-state index contributed by atoms with van der Waals surface area (Å²) in [5, 5.41) is 9.39. The van der Waals surface area contributed by atoms with E-state index in [1.165, 1.54) is 24.3 Å². The van der Waals surface area contributed by atoms with Crippen LogP contribution in [0.15, 0.2) is 41.3 Å². The van der Waals surface area contributed by atoms with Gasteiger partial charge in [0.1, 0.15) is 6.07 Å². The third-order valence-electron chi connectivity index (χ3n) is 2.74. The van der Waals surface area contributed by atoms with Crippen molar-refractivity contribution in [2.75, 3.05) is 4.72 Å². The van der Waals surface area contributed by atoms with E-state index in [9.17, 15) is 8.42 Å². The van der Waals surface area contributed by atoms with Gasteiger partial charge in [0, 0.05) is 5.02 Å². The van der Waals surface area contributed by atoms with Gasteiger partial charge in [-0.25, -0.2) is 8.42 Å². The van der Waals surface area contributed by atoms with E-state index in [0.29, 0.717) is 0 Å². The molecule has 7 heteroatoms. The molecule has 0 aliphatic rings. The topological polar surface area (TPSA) is 70.0 Å². The van der Waals surface area contributed by atoms with Crippen LogP contribution in [0.2, 0.25) is 10.0 Å². The lowest BCUT2D eigenvalue weighted by atomic mass is 10.2. The Bertz CT molecular complexity index is 825. The highest BCUT2D eigenvalue weighted by Crippen LogP contribution is 2.31.